The molecule has 3 aromatic rings. The Balaban J connectivity index is -0.000000153. The average molecular weight is 439 g/mol. The van der Waals surface area contributed by atoms with E-state index in [0.717, 1.165) is 6.42 Å². The quantitative estimate of drug-likeness (QED) is 0.354. The molecule has 0 N–H and O–H groups in total. The van der Waals surface area contributed by atoms with E-state index < -0.39 is 0 Å². The second-order valence-electron chi connectivity index (χ2n) is 7.65. The molecule has 3 aromatic carbocycles. The smallest absolute Gasteiger partial charge is 0.0307 e. The van der Waals surface area contributed by atoms with Gasteiger partial charge in [0.2, 0.25) is 0 Å². The number of rotatable bonds is 1. The molecule has 0 atom stereocenters. The summed E-state index contributed by atoms with van der Waals surface area (Å²) in [5, 5.41) is 0. The Morgan fingerprint density at radius 2 is 0.688 bits per heavy atom. The van der Waals surface area contributed by atoms with E-state index in [1.165, 1.54) is 11.1 Å². The maximum absolute atomic E-state index is 2.19. The largest absolute Gasteiger partial charge is 0.0683 e. The van der Waals surface area contributed by atoms with E-state index in [-0.39, 0.29) is 0 Å². The van der Waals surface area contributed by atoms with E-state index in [1.807, 2.05) is 102 Å². The predicted octanol–water partition coefficient (Wildman–Crippen LogP) is 11.1. The zero-order chi connectivity index (χ0) is 25.7. The van der Waals surface area contributed by atoms with E-state index in [2.05, 4.69) is 77.9 Å². The van der Waals surface area contributed by atoms with Crippen molar-refractivity contribution in [3.8, 4) is 0 Å². The van der Waals surface area contributed by atoms with Crippen LogP contribution in [0.2, 0.25) is 0 Å². The summed E-state index contributed by atoms with van der Waals surface area (Å²) >= 11 is 0. The summed E-state index contributed by atoms with van der Waals surface area (Å²) in [5.74, 6) is 0. The maximum Gasteiger partial charge on any atom is -0.0307 e. The van der Waals surface area contributed by atoms with Gasteiger partial charge in [0.25, 0.3) is 0 Å². The van der Waals surface area contributed by atoms with Gasteiger partial charge in [0.05, 0.1) is 0 Å². The van der Waals surface area contributed by atoms with Gasteiger partial charge in [-0.25, -0.2) is 0 Å². The molecular weight excluding hydrogens is 384 g/mol. The number of hydrogen-bond acceptors (Lipinski definition) is 0. The zero-order valence-corrected chi connectivity index (χ0v) is 23.4. The van der Waals surface area contributed by atoms with Gasteiger partial charge in [-0.05, 0) is 24.3 Å². The minimum absolute atomic E-state index is 0.500. The molecule has 0 aliphatic carbocycles. The van der Waals surface area contributed by atoms with E-state index in [1.54, 1.807) is 0 Å². The van der Waals surface area contributed by atoms with Crippen molar-refractivity contribution < 1.29 is 0 Å². The fourth-order valence-corrected chi connectivity index (χ4v) is 1.63. The second-order valence-corrected chi connectivity index (χ2v) is 7.65. The third-order valence-electron chi connectivity index (χ3n) is 2.86. The molecule has 0 heteroatoms. The van der Waals surface area contributed by atoms with Crippen LogP contribution in [-0.2, 0) is 6.42 Å². The molecule has 0 heterocycles. The predicted molar refractivity (Wildman–Crippen MR) is 153 cm³/mol. The Labute approximate surface area is 203 Å². The summed E-state index contributed by atoms with van der Waals surface area (Å²) in [7, 11) is 0. The van der Waals surface area contributed by atoms with Crippen LogP contribution in [0.4, 0.5) is 0 Å². The fourth-order valence-electron chi connectivity index (χ4n) is 1.63. The van der Waals surface area contributed by atoms with Crippen LogP contribution in [-0.4, -0.2) is 0 Å². The molecule has 0 aliphatic heterocycles. The fraction of sp³-hybridized carbons (Fsp3) is 0.438. The minimum Gasteiger partial charge on any atom is -0.0683 e. The van der Waals surface area contributed by atoms with E-state index in [9.17, 15) is 0 Å². The van der Waals surface area contributed by atoms with Gasteiger partial charge in [-0.15, -0.1) is 0 Å². The standard InChI is InChI=1S/C8H10.C7H8.C6H6.C5H12.3C2H6/c1-2-8-6-4-3-5-7-8;1-7-5-3-2-4-6-7;1-2-4-6-5-3-1;1-5(2,3)4;3*1-2/h3-7H,2H2,1H3;2-6H,1H3;1-6H;1-4H3;3*1-2H3. The number of hydrogen-bond donors (Lipinski definition) is 0. The molecule has 3 rings (SSSR count). The summed E-state index contributed by atoms with van der Waals surface area (Å²) in [4.78, 5) is 0. The van der Waals surface area contributed by atoms with Crippen molar-refractivity contribution in [2.75, 3.05) is 0 Å². The van der Waals surface area contributed by atoms with E-state index >= 15 is 0 Å². The Bertz CT molecular complexity index is 586. The molecule has 0 aromatic heterocycles. The highest BCUT2D eigenvalue weighted by atomic mass is 14.0. The Morgan fingerprint density at radius 1 is 0.469 bits per heavy atom. The molecule has 0 spiro atoms. The lowest BCUT2D eigenvalue weighted by atomic mass is 10.0. The molecule has 0 radical (unpaired) electrons. The Kier molecular flexibility index (Phi) is 35.7. The molecule has 0 saturated heterocycles. The first-order valence-corrected chi connectivity index (χ1v) is 12.4. The molecule has 182 valence electrons. The molecule has 32 heavy (non-hydrogen) atoms. The summed E-state index contributed by atoms with van der Waals surface area (Å²) < 4.78 is 0. The molecule has 0 unspecified atom stereocenters. The van der Waals surface area contributed by atoms with Crippen molar-refractivity contribution in [2.24, 2.45) is 5.41 Å². The first kappa shape index (κ1) is 37.0. The van der Waals surface area contributed by atoms with E-state index in [4.69, 9.17) is 0 Å². The highest BCUT2D eigenvalue weighted by Gasteiger charge is 1.95. The highest BCUT2D eigenvalue weighted by molar-refractivity contribution is 5.14. The van der Waals surface area contributed by atoms with Crippen molar-refractivity contribution in [1.82, 2.24) is 0 Å². The molecule has 0 bridgehead atoms. The first-order valence-electron chi connectivity index (χ1n) is 12.4. The minimum atomic E-state index is 0.500. The van der Waals surface area contributed by atoms with Gasteiger partial charge in [-0.1, -0.05) is 179 Å². The van der Waals surface area contributed by atoms with Gasteiger partial charge in [-0.3, -0.25) is 0 Å². The summed E-state index contributed by atoms with van der Waals surface area (Å²) in [6, 6.07) is 32.7. The third-order valence-corrected chi connectivity index (χ3v) is 2.86. The topological polar surface area (TPSA) is 0 Å². The van der Waals surface area contributed by atoms with Crippen LogP contribution in [0.5, 0.6) is 0 Å². The Morgan fingerprint density at radius 3 is 0.844 bits per heavy atom. The first-order chi connectivity index (χ1) is 15.3. The van der Waals surface area contributed by atoms with Crippen LogP contribution in [0.3, 0.4) is 0 Å². The lowest BCUT2D eigenvalue weighted by Gasteiger charge is -2.05. The van der Waals surface area contributed by atoms with Gasteiger partial charge < -0.3 is 0 Å². The summed E-state index contributed by atoms with van der Waals surface area (Å²) in [6.07, 6.45) is 1.14. The lowest BCUT2D eigenvalue weighted by Crippen LogP contribution is -1.93. The SMILES string of the molecule is CC.CC.CC.CC(C)(C)C.CCc1ccccc1.Cc1ccccc1.c1ccccc1. The van der Waals surface area contributed by atoms with Gasteiger partial charge in [0.15, 0.2) is 0 Å². The molecule has 0 aliphatic rings. The normalized spacial score (nSPS) is 8.12. The van der Waals surface area contributed by atoms with Crippen molar-refractivity contribution in [3.63, 3.8) is 0 Å². The zero-order valence-electron chi connectivity index (χ0n) is 23.4. The molecule has 0 saturated carbocycles. The lowest BCUT2D eigenvalue weighted by molar-refractivity contribution is 0.469. The highest BCUT2D eigenvalue weighted by Crippen LogP contribution is 2.08. The van der Waals surface area contributed by atoms with Crippen molar-refractivity contribution >= 4 is 0 Å². The van der Waals surface area contributed by atoms with Gasteiger partial charge in [0.1, 0.15) is 0 Å². The molecule has 0 fully saturated rings. The second kappa shape index (κ2) is 30.9. The molecule has 0 amide bonds. The summed E-state index contributed by atoms with van der Waals surface area (Å²) in [5.41, 5.74) is 3.23. The van der Waals surface area contributed by atoms with Crippen LogP contribution in [0.15, 0.2) is 97.1 Å². The number of aryl methyl sites for hydroxylation is 2. The van der Waals surface area contributed by atoms with Crippen LogP contribution >= 0.6 is 0 Å². The van der Waals surface area contributed by atoms with Crippen molar-refractivity contribution in [2.45, 2.75) is 89.5 Å². The van der Waals surface area contributed by atoms with Crippen molar-refractivity contribution in [3.05, 3.63) is 108 Å². The van der Waals surface area contributed by atoms with Crippen LogP contribution in [0, 0.1) is 12.3 Å². The summed E-state index contributed by atoms with van der Waals surface area (Å²) in [6.45, 7) is 25.0. The number of benzene rings is 3. The van der Waals surface area contributed by atoms with Crippen LogP contribution < -0.4 is 0 Å². The van der Waals surface area contributed by atoms with E-state index in [0.29, 0.717) is 5.41 Å². The third kappa shape index (κ3) is 41.9. The molecule has 0 nitrogen and oxygen atoms in total. The monoisotopic (exact) mass is 438 g/mol. The van der Waals surface area contributed by atoms with Gasteiger partial charge >= 0.3 is 0 Å². The van der Waals surface area contributed by atoms with Gasteiger partial charge in [0, 0.05) is 0 Å². The molecular formula is C32H54. The maximum atomic E-state index is 2.19. The van der Waals surface area contributed by atoms with Crippen LogP contribution in [0.25, 0.3) is 0 Å². The Hall–Kier alpha value is -2.34. The van der Waals surface area contributed by atoms with Crippen LogP contribution in [0.1, 0.15) is 87.3 Å². The van der Waals surface area contributed by atoms with Crippen molar-refractivity contribution in [1.29, 1.82) is 0 Å². The van der Waals surface area contributed by atoms with Gasteiger partial charge in [-0.2, -0.15) is 0 Å². The average Bonchev–Trinajstić information content (AvgIpc) is 2.85.